The van der Waals surface area contributed by atoms with Crippen LogP contribution in [0.25, 0.3) is 11.3 Å². The molecule has 0 aliphatic rings. The van der Waals surface area contributed by atoms with E-state index in [0.29, 0.717) is 0 Å². The van der Waals surface area contributed by atoms with Crippen LogP contribution in [0.3, 0.4) is 0 Å². The van der Waals surface area contributed by atoms with Crippen LogP contribution >= 0.6 is 11.3 Å². The highest BCUT2D eigenvalue weighted by Gasteiger charge is 2.11. The van der Waals surface area contributed by atoms with Crippen molar-refractivity contribution in [3.05, 3.63) is 92.6 Å². The van der Waals surface area contributed by atoms with Gasteiger partial charge in [-0.2, -0.15) is 0 Å². The van der Waals surface area contributed by atoms with Crippen molar-refractivity contribution in [3.8, 4) is 11.3 Å². The predicted octanol–water partition coefficient (Wildman–Crippen LogP) is 5.26. The van der Waals surface area contributed by atoms with Crippen molar-refractivity contribution in [1.29, 1.82) is 0 Å². The molecular formula is C23H23N5O2S. The largest absolute Gasteiger partial charge is 0.337 e. The summed E-state index contributed by atoms with van der Waals surface area (Å²) in [5.41, 5.74) is 5.33. The Morgan fingerprint density at radius 3 is 2.61 bits per heavy atom. The molecule has 2 aromatic carbocycles. The summed E-state index contributed by atoms with van der Waals surface area (Å²) in [7, 11) is 0. The molecule has 0 N–H and O–H groups in total. The molecule has 0 spiro atoms. The van der Waals surface area contributed by atoms with Crippen LogP contribution in [0.2, 0.25) is 0 Å². The van der Waals surface area contributed by atoms with Gasteiger partial charge in [0.2, 0.25) is 0 Å². The van der Waals surface area contributed by atoms with Gasteiger partial charge >= 0.3 is 0 Å². The molecule has 0 unspecified atom stereocenters. The molecule has 4 rings (SSSR count). The van der Waals surface area contributed by atoms with Gasteiger partial charge in [0, 0.05) is 43.0 Å². The minimum atomic E-state index is -0.377. The highest BCUT2D eigenvalue weighted by Crippen LogP contribution is 2.25. The first-order valence-corrected chi connectivity index (χ1v) is 10.9. The van der Waals surface area contributed by atoms with Gasteiger partial charge in [0.15, 0.2) is 4.80 Å². The minimum Gasteiger partial charge on any atom is -0.337 e. The van der Waals surface area contributed by atoms with Crippen LogP contribution in [0.4, 0.5) is 11.4 Å². The number of hydrogen-bond acceptors (Lipinski definition) is 5. The third-order valence-corrected chi connectivity index (χ3v) is 5.96. The van der Waals surface area contributed by atoms with Crippen molar-refractivity contribution in [2.24, 2.45) is 4.99 Å². The van der Waals surface area contributed by atoms with Gasteiger partial charge in [-0.25, -0.2) is 9.98 Å². The summed E-state index contributed by atoms with van der Waals surface area (Å²) in [6.07, 6.45) is 6.46. The fourth-order valence-electron chi connectivity index (χ4n) is 3.48. The second-order valence-electron chi connectivity index (χ2n) is 7.41. The number of nitrogens with zero attached hydrogens (tertiary/aromatic N) is 5. The first-order valence-electron chi connectivity index (χ1n) is 10.0. The number of rotatable bonds is 7. The van der Waals surface area contributed by atoms with Crippen molar-refractivity contribution in [1.82, 2.24) is 14.1 Å². The van der Waals surface area contributed by atoms with E-state index in [9.17, 15) is 10.1 Å². The van der Waals surface area contributed by atoms with Crippen LogP contribution < -0.4 is 4.80 Å². The second-order valence-corrected chi connectivity index (χ2v) is 8.25. The lowest BCUT2D eigenvalue weighted by atomic mass is 10.1. The smallest absolute Gasteiger partial charge is 0.269 e. The number of nitro groups is 1. The molecule has 0 bridgehead atoms. The molecule has 0 fully saturated rings. The maximum atomic E-state index is 11.0. The van der Waals surface area contributed by atoms with Crippen molar-refractivity contribution in [3.63, 3.8) is 0 Å². The summed E-state index contributed by atoms with van der Waals surface area (Å²) in [5.74, 6) is 0. The van der Waals surface area contributed by atoms with Gasteiger partial charge in [-0.15, -0.1) is 11.3 Å². The molecule has 0 radical (unpaired) electrons. The summed E-state index contributed by atoms with van der Waals surface area (Å²) in [6.45, 7) is 5.77. The van der Waals surface area contributed by atoms with E-state index in [0.717, 1.165) is 46.8 Å². The van der Waals surface area contributed by atoms with E-state index in [4.69, 9.17) is 4.99 Å². The fourth-order valence-corrected chi connectivity index (χ4v) is 4.43. The van der Waals surface area contributed by atoms with E-state index < -0.39 is 0 Å². The topological polar surface area (TPSA) is 78.2 Å². The third kappa shape index (κ3) is 4.80. The molecule has 2 heterocycles. The van der Waals surface area contributed by atoms with E-state index in [1.54, 1.807) is 41.8 Å². The lowest BCUT2D eigenvalue weighted by Gasteiger charge is -2.10. The van der Waals surface area contributed by atoms with Crippen LogP contribution in [-0.2, 0) is 13.1 Å². The third-order valence-electron chi connectivity index (χ3n) is 5.10. The Kier molecular flexibility index (Phi) is 6.08. The Hall–Kier alpha value is -3.52. The molecule has 0 aliphatic heterocycles. The number of nitro benzene ring substituents is 1. The van der Waals surface area contributed by atoms with Gasteiger partial charge in [-0.05, 0) is 49.6 Å². The summed E-state index contributed by atoms with van der Waals surface area (Å²) in [5, 5.41) is 13.1. The highest BCUT2D eigenvalue weighted by molar-refractivity contribution is 7.07. The van der Waals surface area contributed by atoms with E-state index in [1.165, 1.54) is 5.56 Å². The van der Waals surface area contributed by atoms with Crippen molar-refractivity contribution < 1.29 is 4.92 Å². The maximum absolute atomic E-state index is 11.0. The molecule has 0 saturated heterocycles. The number of aromatic nitrogens is 3. The number of thiazole rings is 1. The van der Waals surface area contributed by atoms with Crippen LogP contribution in [0.15, 0.2) is 71.6 Å². The molecular weight excluding hydrogens is 410 g/mol. The van der Waals surface area contributed by atoms with Crippen LogP contribution in [0.1, 0.15) is 17.5 Å². The first-order chi connectivity index (χ1) is 15.0. The molecule has 8 heteroatoms. The molecule has 0 atom stereocenters. The zero-order valence-electron chi connectivity index (χ0n) is 17.4. The number of hydrogen-bond donors (Lipinski definition) is 0. The van der Waals surface area contributed by atoms with Crippen LogP contribution in [0.5, 0.6) is 0 Å². The van der Waals surface area contributed by atoms with E-state index in [-0.39, 0.29) is 10.6 Å². The highest BCUT2D eigenvalue weighted by atomic mass is 32.1. The Morgan fingerprint density at radius 1 is 1.13 bits per heavy atom. The molecule has 4 aromatic rings. The molecule has 0 amide bonds. The molecule has 31 heavy (non-hydrogen) atoms. The van der Waals surface area contributed by atoms with Crippen LogP contribution in [0, 0.1) is 24.0 Å². The normalized spacial score (nSPS) is 11.7. The first kappa shape index (κ1) is 20.7. The molecule has 158 valence electrons. The van der Waals surface area contributed by atoms with E-state index in [2.05, 4.69) is 45.5 Å². The monoisotopic (exact) mass is 433 g/mol. The van der Waals surface area contributed by atoms with Gasteiger partial charge in [-0.3, -0.25) is 10.1 Å². The average Bonchev–Trinajstić information content (AvgIpc) is 3.41. The van der Waals surface area contributed by atoms with Crippen molar-refractivity contribution in [2.75, 3.05) is 0 Å². The van der Waals surface area contributed by atoms with Gasteiger partial charge in [0.1, 0.15) is 0 Å². The zero-order valence-corrected chi connectivity index (χ0v) is 18.2. The maximum Gasteiger partial charge on any atom is 0.269 e. The van der Waals surface area contributed by atoms with Crippen LogP contribution in [-0.4, -0.2) is 19.0 Å². The lowest BCUT2D eigenvalue weighted by molar-refractivity contribution is -0.384. The van der Waals surface area contributed by atoms with E-state index >= 15 is 0 Å². The van der Waals surface area contributed by atoms with Gasteiger partial charge in [0.05, 0.1) is 22.6 Å². The van der Waals surface area contributed by atoms with Gasteiger partial charge in [-0.1, -0.05) is 17.7 Å². The Morgan fingerprint density at radius 2 is 1.94 bits per heavy atom. The molecule has 0 aliphatic carbocycles. The number of aryl methyl sites for hydroxylation is 3. The van der Waals surface area contributed by atoms with Gasteiger partial charge < -0.3 is 9.13 Å². The molecule has 2 aromatic heterocycles. The summed E-state index contributed by atoms with van der Waals surface area (Å²) < 4.78 is 4.25. The van der Waals surface area contributed by atoms with Crippen molar-refractivity contribution >= 4 is 22.7 Å². The lowest BCUT2D eigenvalue weighted by Crippen LogP contribution is -2.17. The number of imidazole rings is 1. The molecule has 0 saturated carbocycles. The quantitative estimate of drug-likeness (QED) is 0.295. The predicted molar refractivity (Wildman–Crippen MR) is 122 cm³/mol. The van der Waals surface area contributed by atoms with E-state index in [1.807, 2.05) is 18.6 Å². The summed E-state index contributed by atoms with van der Waals surface area (Å²) in [6, 6.07) is 12.9. The average molecular weight is 434 g/mol. The SMILES string of the molecule is Cc1ccc(N=c2scc(-c3ccc([N+](=O)[O-])cc3)n2CCCn2ccnc2)c(C)c1. The number of benzene rings is 2. The van der Waals surface area contributed by atoms with Gasteiger partial charge in [0.25, 0.3) is 5.69 Å². The number of non-ortho nitro benzene ring substituents is 1. The zero-order chi connectivity index (χ0) is 21.8. The summed E-state index contributed by atoms with van der Waals surface area (Å²) in [4.78, 5) is 20.6. The Labute approximate surface area is 184 Å². The Balaban J connectivity index is 1.72. The Bertz CT molecular complexity index is 1250. The van der Waals surface area contributed by atoms with Crippen molar-refractivity contribution in [2.45, 2.75) is 33.4 Å². The minimum absolute atomic E-state index is 0.0887. The molecule has 7 nitrogen and oxygen atoms in total. The summed E-state index contributed by atoms with van der Waals surface area (Å²) >= 11 is 1.58. The fraction of sp³-hybridized carbons (Fsp3) is 0.217. The standard InChI is InChI=1S/C23H23N5O2S/c1-17-4-9-21(18(2)14-17)25-23-27(12-3-11-26-13-10-24-16-26)22(15-31-23)19-5-7-20(8-6-19)28(29)30/h4-10,13-16H,3,11-12H2,1-2H3. The second kappa shape index (κ2) is 9.09.